The largest absolute Gasteiger partial charge is 0.311 e. The number of hydrogen-bond donors (Lipinski definition) is 1. The van der Waals surface area contributed by atoms with Crippen molar-refractivity contribution in [1.29, 1.82) is 0 Å². The van der Waals surface area contributed by atoms with Gasteiger partial charge in [-0.25, -0.2) is 4.98 Å². The zero-order chi connectivity index (χ0) is 19.5. The lowest BCUT2D eigenvalue weighted by Crippen LogP contribution is -2.34. The summed E-state index contributed by atoms with van der Waals surface area (Å²) in [7, 11) is 0. The van der Waals surface area contributed by atoms with Crippen LogP contribution in [0.1, 0.15) is 41.4 Å². The topological polar surface area (TPSA) is 49.0 Å². The van der Waals surface area contributed by atoms with E-state index in [2.05, 4.69) is 70.3 Å². The predicted octanol–water partition coefficient (Wildman–Crippen LogP) is 4.43. The summed E-state index contributed by atoms with van der Waals surface area (Å²) >= 11 is 0. The molecule has 0 unspecified atom stereocenters. The number of aromatic amines is 1. The van der Waals surface area contributed by atoms with Crippen molar-refractivity contribution in [3.63, 3.8) is 0 Å². The van der Waals surface area contributed by atoms with Crippen LogP contribution in [-0.2, 0) is 6.54 Å². The number of H-pyrrole nitrogens is 1. The van der Waals surface area contributed by atoms with Gasteiger partial charge in [-0.2, -0.15) is 0 Å². The fourth-order valence-electron chi connectivity index (χ4n) is 4.24. The summed E-state index contributed by atoms with van der Waals surface area (Å²) < 4.78 is 0. The van der Waals surface area contributed by atoms with Crippen LogP contribution in [0.15, 0.2) is 59.4 Å². The summed E-state index contributed by atoms with van der Waals surface area (Å²) in [5.41, 5.74) is 6.08. The van der Waals surface area contributed by atoms with Crippen LogP contribution in [-0.4, -0.2) is 28.0 Å². The third kappa shape index (κ3) is 4.23. The van der Waals surface area contributed by atoms with E-state index >= 15 is 0 Å². The zero-order valence-electron chi connectivity index (χ0n) is 16.6. The standard InChI is InChI=1S/C24H27N3O/c1-17-7-3-4-11-22(17)20-9-5-8-19(13-20)15-27-12-6-10-21(16-27)23-14-24(28)26-18(2)25-23/h3-5,7-9,11,13-14,21H,6,10,12,15-16H2,1-2H3,(H,25,26,28)/t21-/m0/s1. The Morgan fingerprint density at radius 1 is 1.11 bits per heavy atom. The van der Waals surface area contributed by atoms with Gasteiger partial charge in [-0.15, -0.1) is 0 Å². The van der Waals surface area contributed by atoms with Crippen LogP contribution in [0, 0.1) is 13.8 Å². The van der Waals surface area contributed by atoms with Crippen molar-refractivity contribution in [2.75, 3.05) is 13.1 Å². The van der Waals surface area contributed by atoms with E-state index in [1.807, 2.05) is 6.92 Å². The first-order chi connectivity index (χ1) is 13.6. The molecule has 2 heterocycles. The molecule has 4 heteroatoms. The maximum Gasteiger partial charge on any atom is 0.251 e. The normalized spacial score (nSPS) is 17.6. The minimum Gasteiger partial charge on any atom is -0.311 e. The second kappa shape index (κ2) is 8.11. The van der Waals surface area contributed by atoms with Crippen LogP contribution in [0.5, 0.6) is 0 Å². The number of nitrogens with one attached hydrogen (secondary N) is 1. The minimum atomic E-state index is -0.0504. The summed E-state index contributed by atoms with van der Waals surface area (Å²) in [5.74, 6) is 1.03. The summed E-state index contributed by atoms with van der Waals surface area (Å²) in [6.45, 7) is 6.98. The summed E-state index contributed by atoms with van der Waals surface area (Å²) in [6.07, 6.45) is 2.23. The second-order valence-corrected chi connectivity index (χ2v) is 7.85. The average molecular weight is 374 g/mol. The number of piperidine rings is 1. The molecule has 4 rings (SSSR count). The smallest absolute Gasteiger partial charge is 0.251 e. The van der Waals surface area contributed by atoms with Gasteiger partial charge in [0.05, 0.1) is 5.69 Å². The van der Waals surface area contributed by atoms with Gasteiger partial charge >= 0.3 is 0 Å². The number of hydrogen-bond acceptors (Lipinski definition) is 3. The molecule has 0 amide bonds. The molecule has 28 heavy (non-hydrogen) atoms. The molecule has 0 saturated carbocycles. The molecule has 1 aliphatic rings. The van der Waals surface area contributed by atoms with Gasteiger partial charge in [0.2, 0.25) is 0 Å². The summed E-state index contributed by atoms with van der Waals surface area (Å²) in [5, 5.41) is 0. The minimum absolute atomic E-state index is 0.0504. The zero-order valence-corrected chi connectivity index (χ0v) is 16.6. The maximum absolute atomic E-state index is 11.8. The molecule has 1 saturated heterocycles. The predicted molar refractivity (Wildman–Crippen MR) is 113 cm³/mol. The van der Waals surface area contributed by atoms with E-state index in [4.69, 9.17) is 0 Å². The Hall–Kier alpha value is -2.72. The lowest BCUT2D eigenvalue weighted by atomic mass is 9.93. The van der Waals surface area contributed by atoms with E-state index in [0.29, 0.717) is 11.7 Å². The molecule has 1 aliphatic heterocycles. The highest BCUT2D eigenvalue weighted by atomic mass is 16.1. The molecule has 1 fully saturated rings. The third-order valence-electron chi connectivity index (χ3n) is 5.59. The highest BCUT2D eigenvalue weighted by Crippen LogP contribution is 2.28. The van der Waals surface area contributed by atoms with Gasteiger partial charge in [-0.1, -0.05) is 42.5 Å². The molecule has 1 aromatic heterocycles. The fourth-order valence-corrected chi connectivity index (χ4v) is 4.24. The molecule has 0 aliphatic carbocycles. The van der Waals surface area contributed by atoms with Crippen molar-refractivity contribution in [1.82, 2.24) is 14.9 Å². The van der Waals surface area contributed by atoms with Gasteiger partial charge in [0, 0.05) is 25.1 Å². The molecule has 1 atom stereocenters. The van der Waals surface area contributed by atoms with Crippen LogP contribution in [0.25, 0.3) is 11.1 Å². The first-order valence-electron chi connectivity index (χ1n) is 10.0. The Morgan fingerprint density at radius 2 is 1.96 bits per heavy atom. The number of aryl methyl sites for hydroxylation is 2. The summed E-state index contributed by atoms with van der Waals surface area (Å²) in [4.78, 5) is 21.6. The van der Waals surface area contributed by atoms with E-state index in [1.54, 1.807) is 6.07 Å². The number of rotatable bonds is 4. The van der Waals surface area contributed by atoms with Gasteiger partial charge in [-0.05, 0) is 61.6 Å². The highest BCUT2D eigenvalue weighted by Gasteiger charge is 2.23. The molecule has 0 bridgehead atoms. The number of aromatic nitrogens is 2. The lowest BCUT2D eigenvalue weighted by Gasteiger charge is -2.32. The quantitative estimate of drug-likeness (QED) is 0.736. The number of nitrogens with zero attached hydrogens (tertiary/aromatic N) is 2. The molecule has 2 aromatic carbocycles. The Balaban J connectivity index is 1.51. The van der Waals surface area contributed by atoms with Gasteiger partial charge in [0.1, 0.15) is 5.82 Å². The second-order valence-electron chi connectivity index (χ2n) is 7.85. The van der Waals surface area contributed by atoms with Gasteiger partial charge in [0.25, 0.3) is 5.56 Å². The van der Waals surface area contributed by atoms with Crippen LogP contribution >= 0.6 is 0 Å². The van der Waals surface area contributed by atoms with E-state index < -0.39 is 0 Å². The Labute approximate surface area is 166 Å². The molecule has 1 N–H and O–H groups in total. The van der Waals surface area contributed by atoms with Crippen molar-refractivity contribution in [2.24, 2.45) is 0 Å². The first-order valence-corrected chi connectivity index (χ1v) is 10.0. The van der Waals surface area contributed by atoms with Gasteiger partial charge < -0.3 is 4.98 Å². The molecule has 0 radical (unpaired) electrons. The lowest BCUT2D eigenvalue weighted by molar-refractivity contribution is 0.198. The molecule has 4 nitrogen and oxygen atoms in total. The molecule has 3 aromatic rings. The first kappa shape index (κ1) is 18.6. The van der Waals surface area contributed by atoms with E-state index in [1.165, 1.54) is 22.3 Å². The third-order valence-corrected chi connectivity index (χ3v) is 5.59. The highest BCUT2D eigenvalue weighted by molar-refractivity contribution is 5.67. The van der Waals surface area contributed by atoms with Crippen molar-refractivity contribution in [3.05, 3.63) is 87.6 Å². The average Bonchev–Trinajstić information content (AvgIpc) is 2.68. The number of likely N-dealkylation sites (tertiary alicyclic amines) is 1. The fraction of sp³-hybridized carbons (Fsp3) is 0.333. The Bertz CT molecular complexity index is 1020. The summed E-state index contributed by atoms with van der Waals surface area (Å²) in [6, 6.07) is 19.1. The molecular weight excluding hydrogens is 346 g/mol. The van der Waals surface area contributed by atoms with E-state index in [-0.39, 0.29) is 5.56 Å². The Kier molecular flexibility index (Phi) is 5.40. The van der Waals surface area contributed by atoms with Crippen LogP contribution in [0.3, 0.4) is 0 Å². The van der Waals surface area contributed by atoms with Crippen molar-refractivity contribution < 1.29 is 0 Å². The van der Waals surface area contributed by atoms with Crippen LogP contribution < -0.4 is 5.56 Å². The van der Waals surface area contributed by atoms with Crippen LogP contribution in [0.2, 0.25) is 0 Å². The van der Waals surface area contributed by atoms with Crippen molar-refractivity contribution >= 4 is 0 Å². The number of benzene rings is 2. The van der Waals surface area contributed by atoms with E-state index in [0.717, 1.165) is 38.2 Å². The maximum atomic E-state index is 11.8. The van der Waals surface area contributed by atoms with Crippen molar-refractivity contribution in [3.8, 4) is 11.1 Å². The SMILES string of the molecule is Cc1nc([C@H]2CCCN(Cc3cccc(-c4ccccc4C)c3)C2)cc(=O)[nH]1. The van der Waals surface area contributed by atoms with Crippen LogP contribution in [0.4, 0.5) is 0 Å². The molecular formula is C24H27N3O. The van der Waals surface area contributed by atoms with E-state index in [9.17, 15) is 4.79 Å². The Morgan fingerprint density at radius 3 is 2.79 bits per heavy atom. The molecule has 144 valence electrons. The van der Waals surface area contributed by atoms with Gasteiger partial charge in [-0.3, -0.25) is 9.69 Å². The van der Waals surface area contributed by atoms with Crippen molar-refractivity contribution in [2.45, 2.75) is 39.2 Å². The van der Waals surface area contributed by atoms with Gasteiger partial charge in [0.15, 0.2) is 0 Å². The molecule has 0 spiro atoms. The monoisotopic (exact) mass is 373 g/mol.